The maximum absolute atomic E-state index is 11.8. The van der Waals surface area contributed by atoms with Crippen molar-refractivity contribution >= 4 is 17.4 Å². The first-order valence-electron chi connectivity index (χ1n) is 6.61. The van der Waals surface area contributed by atoms with Crippen LogP contribution in [-0.2, 0) is 6.42 Å². The number of urea groups is 1. The zero-order valence-electron chi connectivity index (χ0n) is 11.2. The summed E-state index contributed by atoms with van der Waals surface area (Å²) in [6.45, 7) is 0.173. The van der Waals surface area contributed by atoms with Crippen LogP contribution in [0.1, 0.15) is 12.0 Å². The first-order valence-corrected chi connectivity index (χ1v) is 6.61. The normalized spacial score (nSPS) is 10.1. The Bertz CT molecular complexity index is 555. The van der Waals surface area contributed by atoms with Crippen molar-refractivity contribution in [3.8, 4) is 0 Å². The predicted molar refractivity (Wildman–Crippen MR) is 80.9 cm³/mol. The summed E-state index contributed by atoms with van der Waals surface area (Å²) in [5, 5.41) is 14.4. The van der Waals surface area contributed by atoms with Gasteiger partial charge in [-0.15, -0.1) is 0 Å². The van der Waals surface area contributed by atoms with Gasteiger partial charge in [0.2, 0.25) is 0 Å². The Morgan fingerprint density at radius 1 is 0.950 bits per heavy atom. The standard InChI is InChI=1S/C16H18N2O2/c19-11-5-7-13-6-4-10-15(12-13)18-16(20)17-14-8-2-1-3-9-14/h1-4,6,8-10,12,19H,5,7,11H2,(H2,17,18,20). The number of aliphatic hydroxyl groups excluding tert-OH is 1. The maximum atomic E-state index is 11.8. The number of amides is 2. The van der Waals surface area contributed by atoms with Crippen LogP contribution < -0.4 is 10.6 Å². The number of para-hydroxylation sites is 1. The number of aryl methyl sites for hydroxylation is 1. The van der Waals surface area contributed by atoms with Crippen LogP contribution in [-0.4, -0.2) is 17.7 Å². The molecule has 0 bridgehead atoms. The van der Waals surface area contributed by atoms with Crippen molar-refractivity contribution in [3.63, 3.8) is 0 Å². The van der Waals surface area contributed by atoms with E-state index in [0.717, 1.165) is 29.8 Å². The molecule has 2 amide bonds. The molecular formula is C16H18N2O2. The molecule has 2 rings (SSSR count). The molecule has 4 heteroatoms. The molecule has 4 nitrogen and oxygen atoms in total. The van der Waals surface area contributed by atoms with Gasteiger partial charge in [-0.05, 0) is 42.7 Å². The largest absolute Gasteiger partial charge is 0.396 e. The molecule has 0 saturated heterocycles. The van der Waals surface area contributed by atoms with E-state index in [4.69, 9.17) is 5.11 Å². The van der Waals surface area contributed by atoms with Crippen LogP contribution in [0.3, 0.4) is 0 Å². The summed E-state index contributed by atoms with van der Waals surface area (Å²) in [5.74, 6) is 0. The van der Waals surface area contributed by atoms with Crippen molar-refractivity contribution in [2.75, 3.05) is 17.2 Å². The van der Waals surface area contributed by atoms with E-state index in [0.29, 0.717) is 0 Å². The van der Waals surface area contributed by atoms with E-state index >= 15 is 0 Å². The van der Waals surface area contributed by atoms with Crippen molar-refractivity contribution in [1.82, 2.24) is 0 Å². The first-order chi connectivity index (χ1) is 9.78. The van der Waals surface area contributed by atoms with Gasteiger partial charge in [-0.1, -0.05) is 30.3 Å². The molecule has 0 aliphatic heterocycles. The van der Waals surface area contributed by atoms with Gasteiger partial charge < -0.3 is 15.7 Å². The van der Waals surface area contributed by atoms with E-state index in [-0.39, 0.29) is 12.6 Å². The van der Waals surface area contributed by atoms with Crippen LogP contribution in [0.2, 0.25) is 0 Å². The summed E-state index contributed by atoms with van der Waals surface area (Å²) >= 11 is 0. The summed E-state index contributed by atoms with van der Waals surface area (Å²) in [5.41, 5.74) is 2.59. The minimum Gasteiger partial charge on any atom is -0.396 e. The van der Waals surface area contributed by atoms with Gasteiger partial charge >= 0.3 is 6.03 Å². The molecule has 0 fully saturated rings. The molecular weight excluding hydrogens is 252 g/mol. The van der Waals surface area contributed by atoms with Gasteiger partial charge in [-0.2, -0.15) is 0 Å². The second-order valence-electron chi connectivity index (χ2n) is 4.47. The number of hydrogen-bond donors (Lipinski definition) is 3. The SMILES string of the molecule is O=C(Nc1ccccc1)Nc1cccc(CCCO)c1. The second-order valence-corrected chi connectivity index (χ2v) is 4.47. The zero-order valence-corrected chi connectivity index (χ0v) is 11.2. The van der Waals surface area contributed by atoms with E-state index in [9.17, 15) is 4.79 Å². The van der Waals surface area contributed by atoms with Gasteiger partial charge in [0.1, 0.15) is 0 Å². The summed E-state index contributed by atoms with van der Waals surface area (Å²) in [6, 6.07) is 16.7. The third-order valence-corrected chi connectivity index (χ3v) is 2.84. The van der Waals surface area contributed by atoms with Gasteiger partial charge in [-0.3, -0.25) is 0 Å². The molecule has 20 heavy (non-hydrogen) atoms. The van der Waals surface area contributed by atoms with Crippen LogP contribution >= 0.6 is 0 Å². The van der Waals surface area contributed by atoms with Crippen molar-refractivity contribution in [3.05, 3.63) is 60.2 Å². The molecule has 0 atom stereocenters. The Morgan fingerprint density at radius 2 is 1.65 bits per heavy atom. The highest BCUT2D eigenvalue weighted by atomic mass is 16.2. The summed E-state index contributed by atoms with van der Waals surface area (Å²) in [4.78, 5) is 11.8. The third-order valence-electron chi connectivity index (χ3n) is 2.84. The summed E-state index contributed by atoms with van der Waals surface area (Å²) in [6.07, 6.45) is 1.52. The topological polar surface area (TPSA) is 61.4 Å². The van der Waals surface area contributed by atoms with Crippen molar-refractivity contribution in [2.45, 2.75) is 12.8 Å². The number of rotatable bonds is 5. The third kappa shape index (κ3) is 4.40. The maximum Gasteiger partial charge on any atom is 0.323 e. The summed E-state index contributed by atoms with van der Waals surface area (Å²) in [7, 11) is 0. The first kappa shape index (κ1) is 14.1. The molecule has 0 aliphatic carbocycles. The number of hydrogen-bond acceptors (Lipinski definition) is 2. The molecule has 0 aromatic heterocycles. The fourth-order valence-corrected chi connectivity index (χ4v) is 1.90. The van der Waals surface area contributed by atoms with E-state index in [1.165, 1.54) is 0 Å². The van der Waals surface area contributed by atoms with Crippen molar-refractivity contribution in [1.29, 1.82) is 0 Å². The van der Waals surface area contributed by atoms with E-state index in [1.54, 1.807) is 0 Å². The van der Waals surface area contributed by atoms with Gasteiger partial charge in [0.25, 0.3) is 0 Å². The van der Waals surface area contributed by atoms with Crippen molar-refractivity contribution < 1.29 is 9.90 Å². The van der Waals surface area contributed by atoms with Gasteiger partial charge in [0, 0.05) is 18.0 Å². The molecule has 0 aliphatic rings. The Kier molecular flexibility index (Phi) is 5.15. The molecule has 2 aromatic rings. The molecule has 0 heterocycles. The van der Waals surface area contributed by atoms with Crippen LogP contribution in [0, 0.1) is 0 Å². The fraction of sp³-hybridized carbons (Fsp3) is 0.188. The lowest BCUT2D eigenvalue weighted by Crippen LogP contribution is -2.19. The molecule has 3 N–H and O–H groups in total. The van der Waals surface area contributed by atoms with E-state index in [2.05, 4.69) is 10.6 Å². The highest BCUT2D eigenvalue weighted by Crippen LogP contribution is 2.13. The number of benzene rings is 2. The van der Waals surface area contributed by atoms with Gasteiger partial charge in [-0.25, -0.2) is 4.79 Å². The number of aliphatic hydroxyl groups is 1. The van der Waals surface area contributed by atoms with Crippen LogP contribution in [0.15, 0.2) is 54.6 Å². The molecule has 0 saturated carbocycles. The van der Waals surface area contributed by atoms with Gasteiger partial charge in [0.15, 0.2) is 0 Å². The lowest BCUT2D eigenvalue weighted by molar-refractivity contribution is 0.262. The molecule has 0 unspecified atom stereocenters. The second kappa shape index (κ2) is 7.31. The minimum atomic E-state index is -0.268. The molecule has 104 valence electrons. The Balaban J connectivity index is 1.94. The Hall–Kier alpha value is -2.33. The highest BCUT2D eigenvalue weighted by Gasteiger charge is 2.03. The smallest absolute Gasteiger partial charge is 0.323 e. The average Bonchev–Trinajstić information content (AvgIpc) is 2.46. The lowest BCUT2D eigenvalue weighted by atomic mass is 10.1. The quantitative estimate of drug-likeness (QED) is 0.781. The number of nitrogens with one attached hydrogen (secondary N) is 2. The lowest BCUT2D eigenvalue weighted by Gasteiger charge is -2.09. The van der Waals surface area contributed by atoms with Crippen LogP contribution in [0.25, 0.3) is 0 Å². The average molecular weight is 270 g/mol. The molecule has 0 radical (unpaired) electrons. The molecule has 2 aromatic carbocycles. The predicted octanol–water partition coefficient (Wildman–Crippen LogP) is 3.26. The monoisotopic (exact) mass is 270 g/mol. The van der Waals surface area contributed by atoms with E-state index < -0.39 is 0 Å². The van der Waals surface area contributed by atoms with Gasteiger partial charge in [0.05, 0.1) is 0 Å². The summed E-state index contributed by atoms with van der Waals surface area (Å²) < 4.78 is 0. The number of anilines is 2. The van der Waals surface area contributed by atoms with Crippen LogP contribution in [0.4, 0.5) is 16.2 Å². The Labute approximate surface area is 118 Å². The Morgan fingerprint density at radius 3 is 2.40 bits per heavy atom. The van der Waals surface area contributed by atoms with Crippen LogP contribution in [0.5, 0.6) is 0 Å². The zero-order chi connectivity index (χ0) is 14.2. The fourth-order valence-electron chi connectivity index (χ4n) is 1.90. The minimum absolute atomic E-state index is 0.173. The van der Waals surface area contributed by atoms with Crippen molar-refractivity contribution in [2.24, 2.45) is 0 Å². The number of carbonyl (C=O) groups is 1. The number of carbonyl (C=O) groups excluding carboxylic acids is 1. The highest BCUT2D eigenvalue weighted by molar-refractivity contribution is 5.99. The van der Waals surface area contributed by atoms with E-state index in [1.807, 2.05) is 54.6 Å². The molecule has 0 spiro atoms.